The molecular weight excluding hydrogens is 243 g/mol. The SMILES string of the molecule is NC(=O)[C@H](CC(=O)O)NC(=O)c1ccccc1F. The number of carboxylic acids is 1. The van der Waals surface area contributed by atoms with Gasteiger partial charge in [0.25, 0.3) is 5.91 Å². The van der Waals surface area contributed by atoms with E-state index in [4.69, 9.17) is 10.8 Å². The molecule has 1 aromatic carbocycles. The Balaban J connectivity index is 2.82. The molecule has 96 valence electrons. The quantitative estimate of drug-likeness (QED) is 0.680. The van der Waals surface area contributed by atoms with Crippen molar-refractivity contribution in [2.24, 2.45) is 5.73 Å². The predicted molar refractivity (Wildman–Crippen MR) is 59.1 cm³/mol. The van der Waals surface area contributed by atoms with Crippen molar-refractivity contribution >= 4 is 17.8 Å². The van der Waals surface area contributed by atoms with Gasteiger partial charge in [0.05, 0.1) is 12.0 Å². The van der Waals surface area contributed by atoms with Crippen LogP contribution < -0.4 is 11.1 Å². The molecule has 4 N–H and O–H groups in total. The lowest BCUT2D eigenvalue weighted by molar-refractivity contribution is -0.139. The Bertz CT molecular complexity index is 490. The summed E-state index contributed by atoms with van der Waals surface area (Å²) in [6, 6.07) is 3.74. The van der Waals surface area contributed by atoms with Crippen molar-refractivity contribution in [3.8, 4) is 0 Å². The minimum Gasteiger partial charge on any atom is -0.481 e. The maximum absolute atomic E-state index is 13.3. The number of nitrogens with two attached hydrogens (primary N) is 1. The average molecular weight is 254 g/mol. The molecule has 7 heteroatoms. The summed E-state index contributed by atoms with van der Waals surface area (Å²) in [5, 5.41) is 10.6. The normalized spacial score (nSPS) is 11.6. The molecule has 0 radical (unpaired) electrons. The summed E-state index contributed by atoms with van der Waals surface area (Å²) >= 11 is 0. The molecule has 0 fully saturated rings. The summed E-state index contributed by atoms with van der Waals surface area (Å²) in [7, 11) is 0. The molecule has 2 amide bonds. The van der Waals surface area contributed by atoms with Crippen molar-refractivity contribution in [3.05, 3.63) is 35.6 Å². The molecule has 0 saturated carbocycles. The van der Waals surface area contributed by atoms with Gasteiger partial charge < -0.3 is 16.2 Å². The number of hydrogen-bond acceptors (Lipinski definition) is 3. The first kappa shape index (κ1) is 13.6. The Hall–Kier alpha value is -2.44. The van der Waals surface area contributed by atoms with E-state index in [9.17, 15) is 18.8 Å². The van der Waals surface area contributed by atoms with Gasteiger partial charge in [-0.1, -0.05) is 12.1 Å². The highest BCUT2D eigenvalue weighted by Crippen LogP contribution is 2.06. The fourth-order valence-electron chi connectivity index (χ4n) is 1.28. The molecular formula is C11H11FN2O4. The third-order valence-electron chi connectivity index (χ3n) is 2.15. The van der Waals surface area contributed by atoms with Gasteiger partial charge >= 0.3 is 5.97 Å². The Morgan fingerprint density at radius 1 is 1.33 bits per heavy atom. The van der Waals surface area contributed by atoms with Crippen LogP contribution in [-0.2, 0) is 9.59 Å². The largest absolute Gasteiger partial charge is 0.481 e. The fourth-order valence-corrected chi connectivity index (χ4v) is 1.28. The van der Waals surface area contributed by atoms with Crippen molar-refractivity contribution in [2.45, 2.75) is 12.5 Å². The number of amides is 2. The van der Waals surface area contributed by atoms with Gasteiger partial charge in [0.2, 0.25) is 5.91 Å². The van der Waals surface area contributed by atoms with E-state index in [1.807, 2.05) is 0 Å². The number of carbonyl (C=O) groups is 3. The molecule has 0 spiro atoms. The first-order valence-electron chi connectivity index (χ1n) is 4.98. The number of carboxylic acid groups (broad SMARTS) is 1. The van der Waals surface area contributed by atoms with E-state index in [-0.39, 0.29) is 5.56 Å². The first-order valence-corrected chi connectivity index (χ1v) is 4.98. The lowest BCUT2D eigenvalue weighted by atomic mass is 10.1. The monoisotopic (exact) mass is 254 g/mol. The highest BCUT2D eigenvalue weighted by atomic mass is 19.1. The van der Waals surface area contributed by atoms with Gasteiger partial charge in [-0.25, -0.2) is 4.39 Å². The first-order chi connectivity index (χ1) is 8.41. The van der Waals surface area contributed by atoms with Crippen molar-refractivity contribution in [3.63, 3.8) is 0 Å². The Morgan fingerprint density at radius 3 is 2.44 bits per heavy atom. The van der Waals surface area contributed by atoms with Crippen molar-refractivity contribution in [2.75, 3.05) is 0 Å². The van der Waals surface area contributed by atoms with Crippen molar-refractivity contribution in [1.82, 2.24) is 5.32 Å². The Morgan fingerprint density at radius 2 is 1.94 bits per heavy atom. The molecule has 0 saturated heterocycles. The zero-order valence-corrected chi connectivity index (χ0v) is 9.22. The standard InChI is InChI=1S/C11H11FN2O4/c12-7-4-2-1-3-6(7)11(18)14-8(10(13)17)5-9(15)16/h1-4,8H,5H2,(H2,13,17)(H,14,18)(H,15,16)/t8-/m0/s1. The summed E-state index contributed by atoms with van der Waals surface area (Å²) < 4.78 is 13.3. The maximum atomic E-state index is 13.3. The lowest BCUT2D eigenvalue weighted by Gasteiger charge is -2.13. The molecule has 0 aliphatic rings. The lowest BCUT2D eigenvalue weighted by Crippen LogP contribution is -2.45. The van der Waals surface area contributed by atoms with Crippen LogP contribution in [0.5, 0.6) is 0 Å². The zero-order valence-electron chi connectivity index (χ0n) is 9.22. The van der Waals surface area contributed by atoms with Crippen LogP contribution in [0.25, 0.3) is 0 Å². The molecule has 0 aromatic heterocycles. The van der Waals surface area contributed by atoms with Gasteiger partial charge in [0.15, 0.2) is 0 Å². The molecule has 1 aromatic rings. The Kier molecular flexibility index (Phi) is 4.36. The van der Waals surface area contributed by atoms with Crippen molar-refractivity contribution < 1.29 is 23.9 Å². The number of aliphatic carboxylic acids is 1. The number of carbonyl (C=O) groups excluding carboxylic acids is 2. The maximum Gasteiger partial charge on any atom is 0.305 e. The molecule has 0 aliphatic heterocycles. The summed E-state index contributed by atoms with van der Waals surface area (Å²) in [5.41, 5.74) is 4.66. The smallest absolute Gasteiger partial charge is 0.305 e. The number of primary amides is 1. The molecule has 18 heavy (non-hydrogen) atoms. The summed E-state index contributed by atoms with van der Waals surface area (Å²) in [4.78, 5) is 33.0. The topological polar surface area (TPSA) is 109 Å². The second kappa shape index (κ2) is 5.76. The second-order valence-corrected chi connectivity index (χ2v) is 3.51. The molecule has 0 aliphatic carbocycles. The minimum absolute atomic E-state index is 0.283. The molecule has 1 rings (SSSR count). The molecule has 0 bridgehead atoms. The van der Waals surface area contributed by atoms with E-state index in [0.717, 1.165) is 6.07 Å². The van der Waals surface area contributed by atoms with E-state index in [1.54, 1.807) is 0 Å². The van der Waals surface area contributed by atoms with Crippen LogP contribution in [0.15, 0.2) is 24.3 Å². The van der Waals surface area contributed by atoms with Crippen LogP contribution in [0.4, 0.5) is 4.39 Å². The third-order valence-corrected chi connectivity index (χ3v) is 2.15. The Labute approximate surface area is 102 Å². The molecule has 6 nitrogen and oxygen atoms in total. The van der Waals surface area contributed by atoms with Gasteiger partial charge in [0, 0.05) is 0 Å². The van der Waals surface area contributed by atoms with E-state index in [0.29, 0.717) is 0 Å². The average Bonchev–Trinajstić information content (AvgIpc) is 2.27. The number of halogens is 1. The van der Waals surface area contributed by atoms with Crippen LogP contribution in [0.2, 0.25) is 0 Å². The van der Waals surface area contributed by atoms with Gasteiger partial charge in [0.1, 0.15) is 11.9 Å². The van der Waals surface area contributed by atoms with E-state index >= 15 is 0 Å². The number of hydrogen-bond donors (Lipinski definition) is 3. The number of benzene rings is 1. The van der Waals surface area contributed by atoms with Gasteiger partial charge in [-0.2, -0.15) is 0 Å². The molecule has 1 atom stereocenters. The summed E-state index contributed by atoms with van der Waals surface area (Å²) in [6.45, 7) is 0. The van der Waals surface area contributed by atoms with Crippen LogP contribution in [-0.4, -0.2) is 28.9 Å². The number of nitrogens with one attached hydrogen (secondary N) is 1. The molecule has 0 unspecified atom stereocenters. The highest BCUT2D eigenvalue weighted by Gasteiger charge is 2.22. The zero-order chi connectivity index (χ0) is 13.7. The van der Waals surface area contributed by atoms with E-state index in [1.165, 1.54) is 18.2 Å². The van der Waals surface area contributed by atoms with Crippen LogP contribution >= 0.6 is 0 Å². The van der Waals surface area contributed by atoms with Crippen LogP contribution in [0.1, 0.15) is 16.8 Å². The van der Waals surface area contributed by atoms with E-state index < -0.39 is 36.1 Å². The summed E-state index contributed by atoms with van der Waals surface area (Å²) in [5.74, 6) is -3.96. The van der Waals surface area contributed by atoms with E-state index in [2.05, 4.69) is 5.32 Å². The second-order valence-electron chi connectivity index (χ2n) is 3.51. The number of rotatable bonds is 5. The molecule has 0 heterocycles. The minimum atomic E-state index is -1.38. The van der Waals surface area contributed by atoms with Crippen LogP contribution in [0.3, 0.4) is 0 Å². The van der Waals surface area contributed by atoms with Gasteiger partial charge in [-0.3, -0.25) is 14.4 Å². The predicted octanol–water partition coefficient (Wildman–Crippen LogP) is -0.116. The van der Waals surface area contributed by atoms with Gasteiger partial charge in [-0.15, -0.1) is 0 Å². The highest BCUT2D eigenvalue weighted by molar-refractivity contribution is 5.98. The third kappa shape index (κ3) is 3.55. The summed E-state index contributed by atoms with van der Waals surface area (Å²) in [6.07, 6.45) is -0.657. The van der Waals surface area contributed by atoms with Gasteiger partial charge in [-0.05, 0) is 12.1 Å². The van der Waals surface area contributed by atoms with Crippen LogP contribution in [0, 0.1) is 5.82 Å². The fraction of sp³-hybridized carbons (Fsp3) is 0.182. The van der Waals surface area contributed by atoms with Crippen molar-refractivity contribution in [1.29, 1.82) is 0 Å².